The predicted molar refractivity (Wildman–Crippen MR) is 80.5 cm³/mol. The van der Waals surface area contributed by atoms with E-state index in [1.807, 2.05) is 6.07 Å². The number of piperazine rings is 1. The van der Waals surface area contributed by atoms with E-state index in [1.165, 1.54) is 0 Å². The molecule has 1 amide bonds. The van der Waals surface area contributed by atoms with Gasteiger partial charge in [0, 0.05) is 26.2 Å². The lowest BCUT2D eigenvalue weighted by Gasteiger charge is -2.35. The Morgan fingerprint density at radius 2 is 1.95 bits per heavy atom. The number of hydrogen-bond acceptors (Lipinski definition) is 5. The van der Waals surface area contributed by atoms with Crippen molar-refractivity contribution < 1.29 is 9.21 Å². The Hall–Kier alpha value is -2.21. The van der Waals surface area contributed by atoms with Crippen LogP contribution in [0.15, 0.2) is 34.9 Å². The van der Waals surface area contributed by atoms with Crippen LogP contribution in [0.2, 0.25) is 5.22 Å². The lowest BCUT2D eigenvalue weighted by molar-refractivity contribution is 0.0715. The minimum atomic E-state index is -0.128. The first-order valence-electron chi connectivity index (χ1n) is 6.64. The monoisotopic (exact) mass is 306 g/mol. The molecule has 110 valence electrons. The molecular weight excluding hydrogens is 292 g/mol. The number of hydrogen-bond donors (Lipinski definition) is 1. The Labute approximate surface area is 127 Å². The highest BCUT2D eigenvalue weighted by Gasteiger charge is 2.24. The van der Waals surface area contributed by atoms with Crippen molar-refractivity contribution in [3.63, 3.8) is 0 Å². The van der Waals surface area contributed by atoms with Crippen molar-refractivity contribution in [2.45, 2.75) is 0 Å². The van der Waals surface area contributed by atoms with Crippen LogP contribution in [-0.2, 0) is 0 Å². The van der Waals surface area contributed by atoms with Gasteiger partial charge in [0.05, 0.1) is 11.9 Å². The van der Waals surface area contributed by atoms with Crippen LogP contribution in [0.25, 0.3) is 0 Å². The highest BCUT2D eigenvalue weighted by Crippen LogP contribution is 2.19. The van der Waals surface area contributed by atoms with E-state index in [0.717, 1.165) is 18.8 Å². The Bertz CT molecular complexity index is 633. The quantitative estimate of drug-likeness (QED) is 0.916. The summed E-state index contributed by atoms with van der Waals surface area (Å²) in [5, 5.41) is 0.227. The molecule has 0 unspecified atom stereocenters. The lowest BCUT2D eigenvalue weighted by atomic mass is 10.2. The maximum Gasteiger partial charge on any atom is 0.289 e. The Kier molecular flexibility index (Phi) is 3.70. The van der Waals surface area contributed by atoms with Crippen LogP contribution in [0, 0.1) is 0 Å². The second-order valence-electron chi connectivity index (χ2n) is 4.82. The van der Waals surface area contributed by atoms with Gasteiger partial charge in [0.25, 0.3) is 5.91 Å². The van der Waals surface area contributed by atoms with Crippen LogP contribution in [0.5, 0.6) is 0 Å². The van der Waals surface area contributed by atoms with Crippen molar-refractivity contribution in [3.05, 3.63) is 41.4 Å². The minimum absolute atomic E-state index is 0.128. The summed E-state index contributed by atoms with van der Waals surface area (Å²) in [5.41, 5.74) is 6.59. The largest absolute Gasteiger partial charge is 0.440 e. The van der Waals surface area contributed by atoms with Gasteiger partial charge in [-0.15, -0.1) is 0 Å². The summed E-state index contributed by atoms with van der Waals surface area (Å²) in [6.07, 6.45) is 1.75. The molecule has 1 fully saturated rings. The van der Waals surface area contributed by atoms with E-state index in [0.29, 0.717) is 18.9 Å². The molecule has 1 saturated heterocycles. The number of nitrogens with two attached hydrogens (primary N) is 1. The molecule has 2 aromatic rings. The number of halogens is 1. The van der Waals surface area contributed by atoms with Crippen molar-refractivity contribution in [1.82, 2.24) is 9.88 Å². The predicted octanol–water partition coefficient (Wildman–Crippen LogP) is 1.87. The topological polar surface area (TPSA) is 75.6 Å². The first-order valence-corrected chi connectivity index (χ1v) is 7.02. The number of nitrogens with zero attached hydrogens (tertiary/aromatic N) is 3. The van der Waals surface area contributed by atoms with Gasteiger partial charge in [0.15, 0.2) is 11.0 Å². The molecule has 1 aliphatic rings. The highest BCUT2D eigenvalue weighted by atomic mass is 35.5. The van der Waals surface area contributed by atoms with Gasteiger partial charge in [-0.05, 0) is 35.9 Å². The first kappa shape index (κ1) is 13.8. The van der Waals surface area contributed by atoms with Crippen molar-refractivity contribution in [1.29, 1.82) is 0 Å². The van der Waals surface area contributed by atoms with Gasteiger partial charge in [0.2, 0.25) is 0 Å². The first-order chi connectivity index (χ1) is 10.1. The molecule has 0 radical (unpaired) electrons. The molecule has 0 saturated carbocycles. The number of amides is 1. The zero-order valence-electron chi connectivity index (χ0n) is 11.3. The molecule has 2 aromatic heterocycles. The second-order valence-corrected chi connectivity index (χ2v) is 5.20. The molecule has 3 heterocycles. The van der Waals surface area contributed by atoms with Crippen LogP contribution in [-0.4, -0.2) is 42.0 Å². The molecule has 21 heavy (non-hydrogen) atoms. The van der Waals surface area contributed by atoms with E-state index in [9.17, 15) is 4.79 Å². The van der Waals surface area contributed by atoms with E-state index in [-0.39, 0.29) is 16.9 Å². The van der Waals surface area contributed by atoms with Gasteiger partial charge in [-0.25, -0.2) is 4.98 Å². The third kappa shape index (κ3) is 2.95. The number of aromatic nitrogens is 1. The fraction of sp³-hybridized carbons (Fsp3) is 0.286. The van der Waals surface area contributed by atoms with Gasteiger partial charge < -0.3 is 20.0 Å². The summed E-state index contributed by atoms with van der Waals surface area (Å²) >= 11 is 5.70. The van der Waals surface area contributed by atoms with Crippen molar-refractivity contribution >= 4 is 29.0 Å². The number of furan rings is 1. The summed E-state index contributed by atoms with van der Waals surface area (Å²) in [6, 6.07) is 6.88. The number of rotatable bonds is 2. The second kappa shape index (κ2) is 5.65. The Balaban J connectivity index is 1.62. The standard InChI is InChI=1S/C14H15ClN4O2/c15-12-3-2-11(21-12)14(20)19-7-5-18(6-8-19)10-1-4-13(16)17-9-10/h1-4,9H,5-8H2,(H2,16,17). The average Bonchev–Trinajstić information content (AvgIpc) is 2.94. The Morgan fingerprint density at radius 1 is 1.19 bits per heavy atom. The third-order valence-electron chi connectivity index (χ3n) is 3.49. The molecule has 0 atom stereocenters. The molecule has 1 aliphatic heterocycles. The number of carbonyl (C=O) groups is 1. The van der Waals surface area contributed by atoms with Gasteiger partial charge in [-0.2, -0.15) is 0 Å². The van der Waals surface area contributed by atoms with Crippen molar-refractivity contribution in [3.8, 4) is 0 Å². The molecule has 0 aromatic carbocycles. The number of carbonyl (C=O) groups excluding carboxylic acids is 1. The third-order valence-corrected chi connectivity index (χ3v) is 3.69. The number of pyridine rings is 1. The zero-order valence-corrected chi connectivity index (χ0v) is 12.1. The van der Waals surface area contributed by atoms with Crippen LogP contribution in [0.4, 0.5) is 11.5 Å². The van der Waals surface area contributed by atoms with Gasteiger partial charge in [0.1, 0.15) is 5.82 Å². The average molecular weight is 307 g/mol. The molecule has 7 heteroatoms. The lowest BCUT2D eigenvalue weighted by Crippen LogP contribution is -2.48. The van der Waals surface area contributed by atoms with Crippen LogP contribution in [0.3, 0.4) is 0 Å². The van der Waals surface area contributed by atoms with Crippen LogP contribution in [0.1, 0.15) is 10.6 Å². The normalized spacial score (nSPS) is 15.3. The fourth-order valence-corrected chi connectivity index (χ4v) is 2.48. The van der Waals surface area contributed by atoms with Crippen molar-refractivity contribution in [2.24, 2.45) is 0 Å². The van der Waals surface area contributed by atoms with E-state index in [1.54, 1.807) is 29.3 Å². The van der Waals surface area contributed by atoms with Gasteiger partial charge in [-0.3, -0.25) is 4.79 Å². The fourth-order valence-electron chi connectivity index (χ4n) is 2.34. The minimum Gasteiger partial charge on any atom is -0.440 e. The summed E-state index contributed by atoms with van der Waals surface area (Å²) < 4.78 is 5.16. The van der Waals surface area contributed by atoms with Gasteiger partial charge >= 0.3 is 0 Å². The van der Waals surface area contributed by atoms with Crippen LogP contribution >= 0.6 is 11.6 Å². The van der Waals surface area contributed by atoms with E-state index in [4.69, 9.17) is 21.8 Å². The van der Waals surface area contributed by atoms with E-state index >= 15 is 0 Å². The molecule has 3 rings (SSSR count). The molecule has 6 nitrogen and oxygen atoms in total. The Morgan fingerprint density at radius 3 is 2.52 bits per heavy atom. The number of nitrogen functional groups attached to an aromatic ring is 1. The van der Waals surface area contributed by atoms with Gasteiger partial charge in [-0.1, -0.05) is 0 Å². The highest BCUT2D eigenvalue weighted by molar-refractivity contribution is 6.29. The van der Waals surface area contributed by atoms with Crippen molar-refractivity contribution in [2.75, 3.05) is 36.8 Å². The molecule has 0 aliphatic carbocycles. The molecule has 2 N–H and O–H groups in total. The van der Waals surface area contributed by atoms with E-state index < -0.39 is 0 Å². The summed E-state index contributed by atoms with van der Waals surface area (Å²) in [5.74, 6) is 0.654. The maximum atomic E-state index is 12.2. The smallest absolute Gasteiger partial charge is 0.289 e. The maximum absolute atomic E-state index is 12.2. The zero-order chi connectivity index (χ0) is 14.8. The summed E-state index contributed by atoms with van der Waals surface area (Å²) in [7, 11) is 0. The summed E-state index contributed by atoms with van der Waals surface area (Å²) in [6.45, 7) is 2.74. The molecule has 0 spiro atoms. The molecular formula is C14H15ClN4O2. The number of anilines is 2. The van der Waals surface area contributed by atoms with E-state index in [2.05, 4.69) is 9.88 Å². The van der Waals surface area contributed by atoms with Crippen LogP contribution < -0.4 is 10.6 Å². The SMILES string of the molecule is Nc1ccc(N2CCN(C(=O)c3ccc(Cl)o3)CC2)cn1. The molecule has 0 bridgehead atoms. The summed E-state index contributed by atoms with van der Waals surface area (Å²) in [4.78, 5) is 20.2.